The summed E-state index contributed by atoms with van der Waals surface area (Å²) in [6.45, 7) is 8.53. The van der Waals surface area contributed by atoms with Crippen LogP contribution in [-0.2, 0) is 5.41 Å². The molecule has 1 aliphatic rings. The lowest BCUT2D eigenvalue weighted by molar-refractivity contribution is 0.218. The Morgan fingerprint density at radius 1 is 1.19 bits per heavy atom. The second-order valence-electron chi connectivity index (χ2n) is 5.03. The molecule has 1 aromatic rings. The van der Waals surface area contributed by atoms with Gasteiger partial charge in [-0.1, -0.05) is 35.9 Å². The van der Waals surface area contributed by atoms with Gasteiger partial charge in [-0.25, -0.2) is 0 Å². The predicted octanol–water partition coefficient (Wildman–Crippen LogP) is 3.14. The van der Waals surface area contributed by atoms with Crippen LogP contribution in [0.3, 0.4) is 0 Å². The van der Waals surface area contributed by atoms with Gasteiger partial charge in [0.05, 0.1) is 0 Å². The maximum Gasteiger partial charge on any atom is 0.0154 e. The molecule has 0 atom stereocenters. The molecule has 1 aromatic carbocycles. The van der Waals surface area contributed by atoms with E-state index in [1.165, 1.54) is 37.1 Å². The maximum absolute atomic E-state index is 4.06. The van der Waals surface area contributed by atoms with Crippen LogP contribution < -0.4 is 0 Å². The molecular weight excluding hydrogens is 194 g/mol. The third-order valence-corrected chi connectivity index (χ3v) is 3.90. The summed E-state index contributed by atoms with van der Waals surface area (Å²) in [5, 5.41) is 0. The number of allylic oxidation sites excluding steroid dienone is 1. The number of likely N-dealkylation sites (tertiary alicyclic amines) is 1. The number of aryl methyl sites for hydroxylation is 1. The smallest absolute Gasteiger partial charge is 0.0154 e. The molecule has 0 bridgehead atoms. The Balaban J connectivity index is 2.27. The average molecular weight is 215 g/mol. The fourth-order valence-corrected chi connectivity index (χ4v) is 2.51. The summed E-state index contributed by atoms with van der Waals surface area (Å²) in [6.07, 6.45) is 4.54. The van der Waals surface area contributed by atoms with E-state index in [9.17, 15) is 0 Å². The first-order chi connectivity index (χ1) is 7.66. The van der Waals surface area contributed by atoms with Crippen LogP contribution in [0.1, 0.15) is 24.0 Å². The van der Waals surface area contributed by atoms with E-state index >= 15 is 0 Å². The Bertz CT molecular complexity index is 356. The molecule has 0 unspecified atom stereocenters. The van der Waals surface area contributed by atoms with Crippen molar-refractivity contribution in [3.8, 4) is 0 Å². The average Bonchev–Trinajstić information content (AvgIpc) is 2.32. The van der Waals surface area contributed by atoms with Gasteiger partial charge in [0.1, 0.15) is 0 Å². The van der Waals surface area contributed by atoms with Gasteiger partial charge in [0.25, 0.3) is 0 Å². The van der Waals surface area contributed by atoms with E-state index in [1.54, 1.807) is 0 Å². The van der Waals surface area contributed by atoms with Gasteiger partial charge < -0.3 is 4.90 Å². The van der Waals surface area contributed by atoms with Crippen LogP contribution in [0.5, 0.6) is 0 Å². The number of piperidine rings is 1. The number of nitrogens with zero attached hydrogens (tertiary/aromatic N) is 1. The van der Waals surface area contributed by atoms with Crippen molar-refractivity contribution in [2.24, 2.45) is 0 Å². The number of benzene rings is 1. The molecule has 16 heavy (non-hydrogen) atoms. The van der Waals surface area contributed by atoms with E-state index in [4.69, 9.17) is 0 Å². The van der Waals surface area contributed by atoms with Crippen molar-refractivity contribution in [1.29, 1.82) is 0 Å². The molecule has 1 aliphatic heterocycles. The lowest BCUT2D eigenvalue weighted by atomic mass is 9.73. The minimum Gasteiger partial charge on any atom is -0.306 e. The number of hydrogen-bond donors (Lipinski definition) is 0. The number of rotatable bonds is 2. The molecule has 0 N–H and O–H groups in total. The Kier molecular flexibility index (Phi) is 3.15. The van der Waals surface area contributed by atoms with Gasteiger partial charge >= 0.3 is 0 Å². The Morgan fingerprint density at radius 3 is 2.25 bits per heavy atom. The van der Waals surface area contributed by atoms with Gasteiger partial charge in [0, 0.05) is 5.41 Å². The largest absolute Gasteiger partial charge is 0.306 e. The van der Waals surface area contributed by atoms with Crippen molar-refractivity contribution in [2.45, 2.75) is 25.2 Å². The van der Waals surface area contributed by atoms with Crippen molar-refractivity contribution in [1.82, 2.24) is 4.90 Å². The zero-order chi connectivity index (χ0) is 11.6. The van der Waals surface area contributed by atoms with Gasteiger partial charge in [-0.05, 0) is 45.5 Å². The molecular formula is C15H21N. The molecule has 1 saturated heterocycles. The van der Waals surface area contributed by atoms with Crippen molar-refractivity contribution >= 4 is 0 Å². The zero-order valence-corrected chi connectivity index (χ0v) is 10.4. The molecule has 1 heterocycles. The van der Waals surface area contributed by atoms with Gasteiger partial charge in [-0.15, -0.1) is 6.58 Å². The van der Waals surface area contributed by atoms with E-state index in [1.807, 2.05) is 0 Å². The van der Waals surface area contributed by atoms with Crippen LogP contribution in [0.2, 0.25) is 0 Å². The third-order valence-electron chi connectivity index (χ3n) is 3.90. The summed E-state index contributed by atoms with van der Waals surface area (Å²) in [4.78, 5) is 2.40. The molecule has 0 saturated carbocycles. The molecule has 0 aliphatic carbocycles. The fourth-order valence-electron chi connectivity index (χ4n) is 2.51. The SMILES string of the molecule is C=CC1(c2ccc(C)cc2)CCN(C)CC1. The fraction of sp³-hybridized carbons (Fsp3) is 0.467. The van der Waals surface area contributed by atoms with E-state index < -0.39 is 0 Å². The molecule has 86 valence electrons. The highest BCUT2D eigenvalue weighted by atomic mass is 15.1. The summed E-state index contributed by atoms with van der Waals surface area (Å²) in [7, 11) is 2.20. The monoisotopic (exact) mass is 215 g/mol. The van der Waals surface area contributed by atoms with Crippen LogP contribution in [0.15, 0.2) is 36.9 Å². The van der Waals surface area contributed by atoms with Crippen LogP contribution in [0.4, 0.5) is 0 Å². The second kappa shape index (κ2) is 4.42. The predicted molar refractivity (Wildman–Crippen MR) is 69.8 cm³/mol. The van der Waals surface area contributed by atoms with Crippen LogP contribution >= 0.6 is 0 Å². The van der Waals surface area contributed by atoms with Crippen LogP contribution in [0.25, 0.3) is 0 Å². The van der Waals surface area contributed by atoms with Crippen molar-refractivity contribution in [3.63, 3.8) is 0 Å². The van der Waals surface area contributed by atoms with Gasteiger partial charge in [0.2, 0.25) is 0 Å². The molecule has 0 spiro atoms. The minimum atomic E-state index is 0.209. The second-order valence-corrected chi connectivity index (χ2v) is 5.03. The molecule has 0 aromatic heterocycles. The first-order valence-corrected chi connectivity index (χ1v) is 6.06. The molecule has 1 heteroatoms. The van der Waals surface area contributed by atoms with Crippen molar-refractivity contribution in [3.05, 3.63) is 48.0 Å². The minimum absolute atomic E-state index is 0.209. The van der Waals surface area contributed by atoms with Gasteiger partial charge in [-0.2, -0.15) is 0 Å². The molecule has 0 radical (unpaired) electrons. The Morgan fingerprint density at radius 2 is 1.75 bits per heavy atom. The standard InChI is InChI=1S/C15H21N/c1-4-15(9-11-16(3)12-10-15)14-7-5-13(2)6-8-14/h4-8H,1,9-12H2,2-3H3. The zero-order valence-electron chi connectivity index (χ0n) is 10.4. The summed E-state index contributed by atoms with van der Waals surface area (Å²) in [5.41, 5.74) is 2.97. The molecule has 0 amide bonds. The summed E-state index contributed by atoms with van der Waals surface area (Å²) < 4.78 is 0. The van der Waals surface area contributed by atoms with Crippen molar-refractivity contribution in [2.75, 3.05) is 20.1 Å². The van der Waals surface area contributed by atoms with Crippen LogP contribution in [-0.4, -0.2) is 25.0 Å². The van der Waals surface area contributed by atoms with E-state index in [-0.39, 0.29) is 5.41 Å². The first-order valence-electron chi connectivity index (χ1n) is 6.06. The van der Waals surface area contributed by atoms with E-state index in [0.717, 1.165) is 0 Å². The normalized spacial score (nSPS) is 20.6. The van der Waals surface area contributed by atoms with E-state index in [2.05, 4.69) is 55.8 Å². The van der Waals surface area contributed by atoms with Crippen LogP contribution in [0, 0.1) is 6.92 Å². The molecule has 2 rings (SSSR count). The third kappa shape index (κ3) is 2.05. The maximum atomic E-state index is 4.06. The Hall–Kier alpha value is -1.08. The lowest BCUT2D eigenvalue weighted by Gasteiger charge is -2.39. The highest BCUT2D eigenvalue weighted by Crippen LogP contribution is 2.36. The van der Waals surface area contributed by atoms with Gasteiger partial charge in [0.15, 0.2) is 0 Å². The number of hydrogen-bond acceptors (Lipinski definition) is 1. The molecule has 1 nitrogen and oxygen atoms in total. The summed E-state index contributed by atoms with van der Waals surface area (Å²) >= 11 is 0. The summed E-state index contributed by atoms with van der Waals surface area (Å²) in [6, 6.07) is 8.95. The lowest BCUT2D eigenvalue weighted by Crippen LogP contribution is -2.39. The topological polar surface area (TPSA) is 3.24 Å². The van der Waals surface area contributed by atoms with Crippen molar-refractivity contribution < 1.29 is 0 Å². The highest BCUT2D eigenvalue weighted by molar-refractivity contribution is 5.33. The summed E-state index contributed by atoms with van der Waals surface area (Å²) in [5.74, 6) is 0. The molecule has 1 fully saturated rings. The quantitative estimate of drug-likeness (QED) is 0.685. The van der Waals surface area contributed by atoms with E-state index in [0.29, 0.717) is 0 Å². The highest BCUT2D eigenvalue weighted by Gasteiger charge is 2.32. The van der Waals surface area contributed by atoms with Gasteiger partial charge in [-0.3, -0.25) is 0 Å². The first kappa shape index (κ1) is 11.4. The Labute approximate surface area is 98.8 Å².